The molecule has 1 fully saturated rings. The largest absolute Gasteiger partial charge is 0.350 e. The van der Waals surface area contributed by atoms with Gasteiger partial charge in [0.15, 0.2) is 5.65 Å². The minimum atomic E-state index is 0.0364. The quantitative estimate of drug-likeness (QED) is 0.869. The van der Waals surface area contributed by atoms with Gasteiger partial charge in [0, 0.05) is 19.1 Å². The van der Waals surface area contributed by atoms with E-state index >= 15 is 0 Å². The van der Waals surface area contributed by atoms with E-state index in [2.05, 4.69) is 41.0 Å². The smallest absolute Gasteiger partial charge is 0.239 e. The number of rotatable bonds is 6. The van der Waals surface area contributed by atoms with Crippen molar-refractivity contribution in [2.24, 2.45) is 5.92 Å². The standard InChI is InChI=1S/C18H28N6O/c1-5-6-7-24-18-16(14(22-24)8-12(2)3)17(19-11-20-18)23-9-13(4)21-15(25)10-23/h11-13H,5-10H2,1-4H3,(H,21,25)/t13-/m1/s1. The average molecular weight is 344 g/mol. The maximum absolute atomic E-state index is 12.0. The highest BCUT2D eigenvalue weighted by Gasteiger charge is 2.27. The van der Waals surface area contributed by atoms with Crippen molar-refractivity contribution in [1.82, 2.24) is 25.1 Å². The average Bonchev–Trinajstić information content (AvgIpc) is 2.89. The monoisotopic (exact) mass is 344 g/mol. The summed E-state index contributed by atoms with van der Waals surface area (Å²) < 4.78 is 2.01. The third-order valence-electron chi connectivity index (χ3n) is 4.44. The van der Waals surface area contributed by atoms with Crippen LogP contribution in [0.5, 0.6) is 0 Å². The number of piperazine rings is 1. The maximum atomic E-state index is 12.0. The molecule has 1 aliphatic heterocycles. The van der Waals surface area contributed by atoms with Crippen molar-refractivity contribution >= 4 is 22.8 Å². The van der Waals surface area contributed by atoms with Crippen molar-refractivity contribution in [3.63, 3.8) is 0 Å². The Labute approximate surface area is 148 Å². The molecule has 136 valence electrons. The number of anilines is 1. The first-order chi connectivity index (χ1) is 12.0. The van der Waals surface area contributed by atoms with Gasteiger partial charge in [0.05, 0.1) is 17.6 Å². The van der Waals surface area contributed by atoms with Crippen LogP contribution >= 0.6 is 0 Å². The molecule has 1 aliphatic rings. The van der Waals surface area contributed by atoms with E-state index in [4.69, 9.17) is 5.10 Å². The fourth-order valence-corrected chi connectivity index (χ4v) is 3.39. The van der Waals surface area contributed by atoms with E-state index in [0.717, 1.165) is 54.9 Å². The van der Waals surface area contributed by atoms with E-state index in [1.807, 2.05) is 11.6 Å². The van der Waals surface area contributed by atoms with Gasteiger partial charge >= 0.3 is 0 Å². The van der Waals surface area contributed by atoms with E-state index in [1.54, 1.807) is 6.33 Å². The Morgan fingerprint density at radius 3 is 2.84 bits per heavy atom. The summed E-state index contributed by atoms with van der Waals surface area (Å²) in [4.78, 5) is 23.1. The Balaban J connectivity index is 2.08. The van der Waals surface area contributed by atoms with Gasteiger partial charge in [-0.1, -0.05) is 27.2 Å². The first-order valence-corrected chi connectivity index (χ1v) is 9.24. The summed E-state index contributed by atoms with van der Waals surface area (Å²) in [5, 5.41) is 8.82. The van der Waals surface area contributed by atoms with Crippen LogP contribution in [0, 0.1) is 5.92 Å². The second kappa shape index (κ2) is 7.37. The lowest BCUT2D eigenvalue weighted by Gasteiger charge is -2.32. The number of unbranched alkanes of at least 4 members (excludes halogenated alkanes) is 1. The van der Waals surface area contributed by atoms with Crippen LogP contribution in [0.2, 0.25) is 0 Å². The highest BCUT2D eigenvalue weighted by Crippen LogP contribution is 2.29. The van der Waals surface area contributed by atoms with Crippen LogP contribution in [0.4, 0.5) is 5.82 Å². The lowest BCUT2D eigenvalue weighted by atomic mass is 10.1. The van der Waals surface area contributed by atoms with Crippen LogP contribution in [0.1, 0.15) is 46.2 Å². The molecule has 7 heteroatoms. The Kier molecular flexibility index (Phi) is 5.20. The molecule has 25 heavy (non-hydrogen) atoms. The van der Waals surface area contributed by atoms with Crippen LogP contribution < -0.4 is 10.2 Å². The second-order valence-corrected chi connectivity index (χ2v) is 7.37. The number of amides is 1. The van der Waals surface area contributed by atoms with Gasteiger partial charge in [0.1, 0.15) is 12.1 Å². The van der Waals surface area contributed by atoms with Crippen LogP contribution in [0.25, 0.3) is 11.0 Å². The molecule has 0 bridgehead atoms. The molecule has 2 aromatic rings. The molecule has 0 spiro atoms. The number of fused-ring (bicyclic) bond motifs is 1. The summed E-state index contributed by atoms with van der Waals surface area (Å²) in [6.07, 6.45) is 4.66. The molecule has 2 aromatic heterocycles. The van der Waals surface area contributed by atoms with Gasteiger partial charge in [-0.25, -0.2) is 14.6 Å². The zero-order valence-corrected chi connectivity index (χ0v) is 15.6. The highest BCUT2D eigenvalue weighted by atomic mass is 16.2. The summed E-state index contributed by atoms with van der Waals surface area (Å²) in [7, 11) is 0. The molecule has 0 aromatic carbocycles. The van der Waals surface area contributed by atoms with E-state index < -0.39 is 0 Å². The number of carbonyl (C=O) groups is 1. The summed E-state index contributed by atoms with van der Waals surface area (Å²) in [5.74, 6) is 1.37. The predicted molar refractivity (Wildman–Crippen MR) is 98.6 cm³/mol. The molecular weight excluding hydrogens is 316 g/mol. The molecule has 0 aliphatic carbocycles. The minimum absolute atomic E-state index is 0.0364. The first-order valence-electron chi connectivity index (χ1n) is 9.24. The van der Waals surface area contributed by atoms with E-state index in [9.17, 15) is 4.79 Å². The topological polar surface area (TPSA) is 75.9 Å². The van der Waals surface area contributed by atoms with Gasteiger partial charge in [-0.15, -0.1) is 0 Å². The molecule has 1 atom stereocenters. The van der Waals surface area contributed by atoms with Crippen molar-refractivity contribution in [2.75, 3.05) is 18.0 Å². The van der Waals surface area contributed by atoms with Crippen LogP contribution in [-0.4, -0.2) is 44.8 Å². The van der Waals surface area contributed by atoms with E-state index in [0.29, 0.717) is 12.5 Å². The molecule has 7 nitrogen and oxygen atoms in total. The third-order valence-corrected chi connectivity index (χ3v) is 4.44. The minimum Gasteiger partial charge on any atom is -0.350 e. The summed E-state index contributed by atoms with van der Waals surface area (Å²) in [6.45, 7) is 10.5. The number of aromatic nitrogens is 4. The number of nitrogens with one attached hydrogen (secondary N) is 1. The molecule has 3 heterocycles. The molecule has 1 saturated heterocycles. The SMILES string of the molecule is CCCCn1nc(CC(C)C)c2c(N3CC(=O)N[C@H](C)C3)ncnc21. The normalized spacial score (nSPS) is 18.2. The molecule has 0 radical (unpaired) electrons. The first kappa shape index (κ1) is 17.6. The van der Waals surface area contributed by atoms with Crippen LogP contribution in [-0.2, 0) is 17.8 Å². The van der Waals surface area contributed by atoms with Gasteiger partial charge in [0.25, 0.3) is 0 Å². The Morgan fingerprint density at radius 1 is 1.36 bits per heavy atom. The Hall–Kier alpha value is -2.18. The van der Waals surface area contributed by atoms with Crippen molar-refractivity contribution < 1.29 is 4.79 Å². The zero-order valence-electron chi connectivity index (χ0n) is 15.6. The maximum Gasteiger partial charge on any atom is 0.239 e. The van der Waals surface area contributed by atoms with Crippen molar-refractivity contribution in [3.8, 4) is 0 Å². The lowest BCUT2D eigenvalue weighted by Crippen LogP contribution is -2.53. The second-order valence-electron chi connectivity index (χ2n) is 7.37. The summed E-state index contributed by atoms with van der Waals surface area (Å²) >= 11 is 0. The Bertz CT molecular complexity index is 753. The number of carbonyl (C=O) groups excluding carboxylic acids is 1. The number of nitrogens with zero attached hydrogens (tertiary/aromatic N) is 5. The number of hydrogen-bond donors (Lipinski definition) is 1. The molecular formula is C18H28N6O. The fourth-order valence-electron chi connectivity index (χ4n) is 3.39. The van der Waals surface area contributed by atoms with E-state index in [1.165, 1.54) is 0 Å². The molecule has 0 saturated carbocycles. The van der Waals surface area contributed by atoms with Crippen molar-refractivity contribution in [1.29, 1.82) is 0 Å². The highest BCUT2D eigenvalue weighted by molar-refractivity contribution is 5.92. The number of hydrogen-bond acceptors (Lipinski definition) is 5. The lowest BCUT2D eigenvalue weighted by molar-refractivity contribution is -0.121. The van der Waals surface area contributed by atoms with Crippen molar-refractivity contribution in [2.45, 2.75) is 59.5 Å². The van der Waals surface area contributed by atoms with Crippen LogP contribution in [0.3, 0.4) is 0 Å². The van der Waals surface area contributed by atoms with Gasteiger partial charge in [-0.3, -0.25) is 4.79 Å². The fraction of sp³-hybridized carbons (Fsp3) is 0.667. The molecule has 3 rings (SSSR count). The third kappa shape index (κ3) is 3.75. The summed E-state index contributed by atoms with van der Waals surface area (Å²) in [6, 6.07) is 0.106. The molecule has 1 N–H and O–H groups in total. The molecule has 0 unspecified atom stereocenters. The predicted octanol–water partition coefficient (Wildman–Crippen LogP) is 2.15. The van der Waals surface area contributed by atoms with Crippen LogP contribution in [0.15, 0.2) is 6.33 Å². The van der Waals surface area contributed by atoms with E-state index in [-0.39, 0.29) is 11.9 Å². The van der Waals surface area contributed by atoms with Gasteiger partial charge in [-0.05, 0) is 25.7 Å². The molecule has 1 amide bonds. The van der Waals surface area contributed by atoms with Gasteiger partial charge < -0.3 is 10.2 Å². The number of aryl methyl sites for hydroxylation is 1. The van der Waals surface area contributed by atoms with Crippen molar-refractivity contribution in [3.05, 3.63) is 12.0 Å². The van der Waals surface area contributed by atoms with Gasteiger partial charge in [0.2, 0.25) is 5.91 Å². The van der Waals surface area contributed by atoms with Gasteiger partial charge in [-0.2, -0.15) is 5.10 Å². The Morgan fingerprint density at radius 2 is 2.16 bits per heavy atom. The zero-order chi connectivity index (χ0) is 18.0. The summed E-state index contributed by atoms with van der Waals surface area (Å²) in [5.41, 5.74) is 1.92.